The average molecular weight is 270 g/mol. The lowest BCUT2D eigenvalue weighted by atomic mass is 10.1. The van der Waals surface area contributed by atoms with Crippen LogP contribution in [-0.4, -0.2) is 21.5 Å². The van der Waals surface area contributed by atoms with Crippen LogP contribution >= 0.6 is 0 Å². The topological polar surface area (TPSA) is 42.7 Å². The molecule has 1 heterocycles. The van der Waals surface area contributed by atoms with Crippen LogP contribution in [0.3, 0.4) is 0 Å². The normalized spacial score (nSPS) is 11.7. The van der Waals surface area contributed by atoms with Crippen molar-refractivity contribution < 1.29 is 13.2 Å². The van der Waals surface area contributed by atoms with Gasteiger partial charge in [-0.3, -0.25) is 4.68 Å². The Morgan fingerprint density at radius 2 is 2.00 bits per heavy atom. The van der Waals surface area contributed by atoms with E-state index in [1.165, 1.54) is 12.1 Å². The lowest BCUT2D eigenvalue weighted by molar-refractivity contribution is -0.138. The number of nitrogens with zero attached hydrogens (tertiary/aromatic N) is 3. The maximum Gasteiger partial charge on any atom is 0.416 e. The average Bonchev–Trinajstić information content (AvgIpc) is 2.87. The molecular weight excluding hydrogens is 257 g/mol. The minimum atomic E-state index is -4.32. The van der Waals surface area contributed by atoms with E-state index in [1.807, 2.05) is 0 Å². The van der Waals surface area contributed by atoms with Gasteiger partial charge in [-0.2, -0.15) is 13.2 Å². The third kappa shape index (κ3) is 3.78. The molecule has 2 aromatic rings. The molecule has 0 radical (unpaired) electrons. The zero-order valence-electron chi connectivity index (χ0n) is 10.1. The molecule has 1 aromatic carbocycles. The number of hydrogen-bond donors (Lipinski definition) is 1. The van der Waals surface area contributed by atoms with Crippen LogP contribution in [0.1, 0.15) is 11.1 Å². The van der Waals surface area contributed by atoms with Gasteiger partial charge in [0.05, 0.1) is 18.3 Å². The Bertz CT molecular complexity index is 508. The first-order valence-electron chi connectivity index (χ1n) is 5.77. The molecule has 0 aliphatic carbocycles. The Morgan fingerprint density at radius 1 is 1.21 bits per heavy atom. The summed E-state index contributed by atoms with van der Waals surface area (Å²) in [5.41, 5.74) is -0.350. The predicted molar refractivity (Wildman–Crippen MR) is 63.2 cm³/mol. The van der Waals surface area contributed by atoms with Gasteiger partial charge in [0.1, 0.15) is 0 Å². The Hall–Kier alpha value is -1.89. The molecule has 0 amide bonds. The highest BCUT2D eigenvalue weighted by molar-refractivity contribution is 5.29. The fourth-order valence-corrected chi connectivity index (χ4v) is 1.72. The number of benzene rings is 1. The molecule has 0 atom stereocenters. The molecule has 0 fully saturated rings. The van der Waals surface area contributed by atoms with Crippen molar-refractivity contribution in [3.63, 3.8) is 0 Å². The van der Waals surface area contributed by atoms with Gasteiger partial charge in [-0.15, -0.1) is 5.10 Å². The molecule has 7 heteroatoms. The summed E-state index contributed by atoms with van der Waals surface area (Å²) >= 11 is 0. The lowest BCUT2D eigenvalue weighted by Crippen LogP contribution is -2.21. The largest absolute Gasteiger partial charge is 0.416 e. The van der Waals surface area contributed by atoms with Crippen molar-refractivity contribution in [2.75, 3.05) is 6.54 Å². The molecule has 0 saturated carbocycles. The van der Waals surface area contributed by atoms with Crippen LogP contribution in [0.5, 0.6) is 0 Å². The fourth-order valence-electron chi connectivity index (χ4n) is 1.72. The molecule has 0 unspecified atom stereocenters. The van der Waals surface area contributed by atoms with Crippen molar-refractivity contribution >= 4 is 0 Å². The molecule has 0 aliphatic heterocycles. The Morgan fingerprint density at radius 3 is 2.68 bits per heavy atom. The molecule has 0 spiro atoms. The third-order valence-corrected chi connectivity index (χ3v) is 2.63. The first-order chi connectivity index (χ1) is 9.07. The number of rotatable bonds is 5. The van der Waals surface area contributed by atoms with Crippen molar-refractivity contribution in [2.45, 2.75) is 19.3 Å². The number of aromatic nitrogens is 3. The summed E-state index contributed by atoms with van der Waals surface area (Å²) < 4.78 is 39.8. The summed E-state index contributed by atoms with van der Waals surface area (Å²) in [5.74, 6) is 0. The van der Waals surface area contributed by atoms with Crippen molar-refractivity contribution in [3.05, 3.63) is 47.8 Å². The Balaban J connectivity index is 1.89. The Labute approximate surface area is 108 Å². The van der Waals surface area contributed by atoms with E-state index in [0.717, 1.165) is 6.07 Å². The number of alkyl halides is 3. The first-order valence-corrected chi connectivity index (χ1v) is 5.77. The minimum absolute atomic E-state index is 0.171. The number of hydrogen-bond acceptors (Lipinski definition) is 3. The third-order valence-electron chi connectivity index (χ3n) is 2.63. The van der Waals surface area contributed by atoms with Crippen LogP contribution in [0.2, 0.25) is 0 Å². The highest BCUT2D eigenvalue weighted by atomic mass is 19.4. The van der Waals surface area contributed by atoms with Crippen LogP contribution in [0, 0.1) is 0 Å². The van der Waals surface area contributed by atoms with E-state index < -0.39 is 11.7 Å². The second-order valence-electron chi connectivity index (χ2n) is 4.00. The molecule has 19 heavy (non-hydrogen) atoms. The molecule has 102 valence electrons. The molecule has 0 aliphatic rings. The summed E-state index contributed by atoms with van der Waals surface area (Å²) in [6, 6.07) is 5.56. The smallest absolute Gasteiger partial charge is 0.311 e. The van der Waals surface area contributed by atoms with Crippen molar-refractivity contribution in [3.8, 4) is 0 Å². The number of nitrogens with one attached hydrogen (secondary N) is 1. The molecule has 2 rings (SSSR count). The minimum Gasteiger partial charge on any atom is -0.311 e. The van der Waals surface area contributed by atoms with Crippen molar-refractivity contribution in [1.29, 1.82) is 0 Å². The van der Waals surface area contributed by atoms with Gasteiger partial charge in [-0.25, -0.2) is 0 Å². The molecular formula is C12H13F3N4. The van der Waals surface area contributed by atoms with E-state index in [4.69, 9.17) is 0 Å². The lowest BCUT2D eigenvalue weighted by Gasteiger charge is -2.13. The van der Waals surface area contributed by atoms with Crippen molar-refractivity contribution in [1.82, 2.24) is 20.3 Å². The standard InChI is InChI=1S/C12H13F3N4/c13-12(14,15)11-4-2-1-3-10(11)9-16-5-7-19-8-6-17-18-19/h1-4,6,8,16H,5,7,9H2. The second kappa shape index (κ2) is 5.83. The van der Waals surface area contributed by atoms with Crippen LogP contribution < -0.4 is 5.32 Å². The SMILES string of the molecule is FC(F)(F)c1ccccc1CNCCn1ccnn1. The van der Waals surface area contributed by atoms with Gasteiger partial charge < -0.3 is 5.32 Å². The van der Waals surface area contributed by atoms with Gasteiger partial charge in [0.15, 0.2) is 0 Å². The second-order valence-corrected chi connectivity index (χ2v) is 4.00. The van der Waals surface area contributed by atoms with Crippen molar-refractivity contribution in [2.24, 2.45) is 0 Å². The van der Waals surface area contributed by atoms with Crippen LogP contribution in [0.15, 0.2) is 36.7 Å². The summed E-state index contributed by atoms with van der Waals surface area (Å²) in [6.07, 6.45) is -1.06. The highest BCUT2D eigenvalue weighted by Crippen LogP contribution is 2.31. The monoisotopic (exact) mass is 270 g/mol. The van der Waals surface area contributed by atoms with E-state index >= 15 is 0 Å². The summed E-state index contributed by atoms with van der Waals surface area (Å²) in [5, 5.41) is 10.4. The molecule has 1 N–H and O–H groups in total. The van der Waals surface area contributed by atoms with E-state index in [9.17, 15) is 13.2 Å². The molecule has 4 nitrogen and oxygen atoms in total. The van der Waals surface area contributed by atoms with E-state index in [2.05, 4.69) is 15.6 Å². The first kappa shape index (κ1) is 13.5. The number of halogens is 3. The van der Waals surface area contributed by atoms with Gasteiger partial charge in [-0.1, -0.05) is 23.4 Å². The molecule has 0 saturated heterocycles. The quantitative estimate of drug-likeness (QED) is 0.846. The zero-order valence-corrected chi connectivity index (χ0v) is 10.1. The molecule has 0 bridgehead atoms. The Kier molecular flexibility index (Phi) is 4.16. The highest BCUT2D eigenvalue weighted by Gasteiger charge is 2.32. The van der Waals surface area contributed by atoms with Gasteiger partial charge >= 0.3 is 6.18 Å². The maximum atomic E-state index is 12.7. The molecule has 1 aromatic heterocycles. The van der Waals surface area contributed by atoms with Gasteiger partial charge in [0, 0.05) is 19.3 Å². The van der Waals surface area contributed by atoms with E-state index in [-0.39, 0.29) is 12.1 Å². The zero-order chi connectivity index (χ0) is 13.7. The van der Waals surface area contributed by atoms with Crippen LogP contribution in [0.4, 0.5) is 13.2 Å². The summed E-state index contributed by atoms with van der Waals surface area (Å²) in [4.78, 5) is 0. The van der Waals surface area contributed by atoms with Gasteiger partial charge in [0.2, 0.25) is 0 Å². The van der Waals surface area contributed by atoms with Crippen LogP contribution in [0.25, 0.3) is 0 Å². The van der Waals surface area contributed by atoms with Crippen LogP contribution in [-0.2, 0) is 19.3 Å². The summed E-state index contributed by atoms with van der Waals surface area (Å²) in [7, 11) is 0. The predicted octanol–water partition coefficient (Wildman–Crippen LogP) is 2.09. The van der Waals surface area contributed by atoms with Gasteiger partial charge in [0.25, 0.3) is 0 Å². The van der Waals surface area contributed by atoms with Gasteiger partial charge in [-0.05, 0) is 11.6 Å². The van der Waals surface area contributed by atoms with E-state index in [1.54, 1.807) is 23.1 Å². The fraction of sp³-hybridized carbons (Fsp3) is 0.333. The maximum absolute atomic E-state index is 12.7. The summed E-state index contributed by atoms with van der Waals surface area (Å²) in [6.45, 7) is 1.26. The van der Waals surface area contributed by atoms with E-state index in [0.29, 0.717) is 13.1 Å².